The number of carbonyl (C=O) groups excluding carboxylic acids is 1. The number of thiophene rings is 1. The van der Waals surface area contributed by atoms with Crippen LogP contribution in [0.4, 0.5) is 0 Å². The van der Waals surface area contributed by atoms with Crippen LogP contribution in [0.25, 0.3) is 0 Å². The van der Waals surface area contributed by atoms with Gasteiger partial charge in [0.15, 0.2) is 0 Å². The summed E-state index contributed by atoms with van der Waals surface area (Å²) in [5.41, 5.74) is 1.93. The van der Waals surface area contributed by atoms with Crippen LogP contribution >= 0.6 is 11.3 Å². The van der Waals surface area contributed by atoms with Gasteiger partial charge in [-0.1, -0.05) is 19.9 Å². The van der Waals surface area contributed by atoms with Gasteiger partial charge in [-0.3, -0.25) is 9.78 Å². The minimum absolute atomic E-state index is 0.0512. The van der Waals surface area contributed by atoms with Gasteiger partial charge < -0.3 is 9.73 Å². The van der Waals surface area contributed by atoms with Crippen LogP contribution in [0.5, 0.6) is 0 Å². The molecule has 0 saturated carbocycles. The van der Waals surface area contributed by atoms with Crippen molar-refractivity contribution in [2.75, 3.05) is 6.54 Å². The van der Waals surface area contributed by atoms with Crippen LogP contribution in [0.1, 0.15) is 48.6 Å². The van der Waals surface area contributed by atoms with E-state index in [4.69, 9.17) is 4.42 Å². The van der Waals surface area contributed by atoms with Crippen LogP contribution in [0.15, 0.2) is 70.0 Å². The quantitative estimate of drug-likeness (QED) is 0.629. The predicted molar refractivity (Wildman–Crippen MR) is 114 cm³/mol. The normalized spacial score (nSPS) is 17.6. The fraction of sp³-hybridized carbons (Fsp3) is 0.318. The number of hydrazone groups is 1. The number of nitrogens with zero attached hydrogens (tertiary/aromatic N) is 3. The fourth-order valence-electron chi connectivity index (χ4n) is 3.62. The van der Waals surface area contributed by atoms with Gasteiger partial charge in [0.1, 0.15) is 11.5 Å². The number of hydrogen-bond donors (Lipinski definition) is 1. The highest BCUT2D eigenvalue weighted by Crippen LogP contribution is 2.35. The summed E-state index contributed by atoms with van der Waals surface area (Å²) in [5, 5.41) is 11.7. The first-order chi connectivity index (χ1) is 14.1. The second-order valence-electron chi connectivity index (χ2n) is 7.38. The van der Waals surface area contributed by atoms with Crippen molar-refractivity contribution < 1.29 is 9.21 Å². The second kappa shape index (κ2) is 8.71. The van der Waals surface area contributed by atoms with Gasteiger partial charge in [-0.25, -0.2) is 5.01 Å². The van der Waals surface area contributed by atoms with E-state index in [2.05, 4.69) is 35.3 Å². The van der Waals surface area contributed by atoms with Crippen molar-refractivity contribution >= 4 is 23.0 Å². The lowest BCUT2D eigenvalue weighted by atomic mass is 9.97. The average Bonchev–Trinajstić information content (AvgIpc) is 3.49. The molecule has 1 aliphatic heterocycles. The number of carbonyl (C=O) groups is 1. The van der Waals surface area contributed by atoms with Crippen molar-refractivity contribution in [2.24, 2.45) is 11.0 Å². The first-order valence-electron chi connectivity index (χ1n) is 9.73. The van der Waals surface area contributed by atoms with Crippen molar-refractivity contribution in [1.29, 1.82) is 0 Å². The van der Waals surface area contributed by atoms with E-state index in [0.717, 1.165) is 16.2 Å². The smallest absolute Gasteiger partial charge is 0.257 e. The zero-order valence-electron chi connectivity index (χ0n) is 16.5. The molecular formula is C22H24N4O2S. The Hall–Kier alpha value is -2.77. The Labute approximate surface area is 174 Å². The standard InChI is InChI=1S/C22H24N4O2S/c1-15(2)22(16-7-9-23-10-8-16)24-14-21(27)26-18(20-6-4-12-29-20)13-17(25-26)19-5-3-11-28-19/h3-12,15,18,22,24H,13-14H2,1-2H3/t18-,22-/m1/s1. The number of amides is 1. The molecule has 4 rings (SSSR count). The highest BCUT2D eigenvalue weighted by Gasteiger charge is 2.34. The second-order valence-corrected chi connectivity index (χ2v) is 8.36. The van der Waals surface area contributed by atoms with Crippen LogP contribution in [0, 0.1) is 5.92 Å². The maximum Gasteiger partial charge on any atom is 0.257 e. The van der Waals surface area contributed by atoms with Crippen LogP contribution in [-0.4, -0.2) is 28.2 Å². The van der Waals surface area contributed by atoms with Crippen LogP contribution < -0.4 is 5.32 Å². The minimum Gasteiger partial charge on any atom is -0.463 e. The van der Waals surface area contributed by atoms with E-state index >= 15 is 0 Å². The van der Waals surface area contributed by atoms with E-state index in [1.165, 1.54) is 0 Å². The van der Waals surface area contributed by atoms with E-state index in [-0.39, 0.29) is 24.5 Å². The number of nitrogens with one attached hydrogen (secondary N) is 1. The Bertz CT molecular complexity index is 952. The lowest BCUT2D eigenvalue weighted by Crippen LogP contribution is -2.38. The molecule has 150 valence electrons. The van der Waals surface area contributed by atoms with Crippen molar-refractivity contribution in [3.63, 3.8) is 0 Å². The van der Waals surface area contributed by atoms with Crippen molar-refractivity contribution in [3.05, 3.63) is 76.6 Å². The van der Waals surface area contributed by atoms with Crippen molar-refractivity contribution in [2.45, 2.75) is 32.4 Å². The first kappa shape index (κ1) is 19.5. The third kappa shape index (κ3) is 4.31. The van der Waals surface area contributed by atoms with Crippen LogP contribution in [-0.2, 0) is 4.79 Å². The molecule has 0 unspecified atom stereocenters. The van der Waals surface area contributed by atoms with Crippen LogP contribution in [0.2, 0.25) is 0 Å². The lowest BCUT2D eigenvalue weighted by molar-refractivity contribution is -0.132. The summed E-state index contributed by atoms with van der Waals surface area (Å²) in [6.07, 6.45) is 5.84. The van der Waals surface area contributed by atoms with E-state index < -0.39 is 0 Å². The molecule has 29 heavy (non-hydrogen) atoms. The lowest BCUT2D eigenvalue weighted by Gasteiger charge is -2.25. The molecule has 3 aromatic rings. The number of rotatable bonds is 7. The molecule has 1 amide bonds. The minimum atomic E-state index is -0.0946. The molecule has 0 fully saturated rings. The summed E-state index contributed by atoms with van der Waals surface area (Å²) >= 11 is 1.64. The van der Waals surface area contributed by atoms with E-state index in [1.54, 1.807) is 35.0 Å². The summed E-state index contributed by atoms with van der Waals surface area (Å²) in [7, 11) is 0. The number of hydrogen-bond acceptors (Lipinski definition) is 6. The van der Waals surface area contributed by atoms with Gasteiger partial charge in [-0.15, -0.1) is 11.3 Å². The van der Waals surface area contributed by atoms with E-state index in [9.17, 15) is 4.79 Å². The maximum absolute atomic E-state index is 13.1. The summed E-state index contributed by atoms with van der Waals surface area (Å²) in [6.45, 7) is 4.49. The van der Waals surface area contributed by atoms with Gasteiger partial charge in [0.2, 0.25) is 0 Å². The van der Waals surface area contributed by atoms with Gasteiger partial charge >= 0.3 is 0 Å². The summed E-state index contributed by atoms with van der Waals surface area (Å²) < 4.78 is 5.51. The third-order valence-corrected chi connectivity index (χ3v) is 6.02. The van der Waals surface area contributed by atoms with E-state index in [1.807, 2.05) is 35.7 Å². The van der Waals surface area contributed by atoms with Crippen LogP contribution in [0.3, 0.4) is 0 Å². The van der Waals surface area contributed by atoms with Crippen molar-refractivity contribution in [1.82, 2.24) is 15.3 Å². The molecule has 3 aromatic heterocycles. The van der Waals surface area contributed by atoms with Gasteiger partial charge in [0.25, 0.3) is 5.91 Å². The molecular weight excluding hydrogens is 384 g/mol. The summed E-state index contributed by atoms with van der Waals surface area (Å²) in [6, 6.07) is 11.7. The third-order valence-electron chi connectivity index (χ3n) is 5.05. The van der Waals surface area contributed by atoms with Gasteiger partial charge in [0.05, 0.1) is 18.8 Å². The summed E-state index contributed by atoms with van der Waals surface area (Å²) in [4.78, 5) is 18.4. The van der Waals surface area contributed by atoms with E-state index in [0.29, 0.717) is 18.1 Å². The maximum atomic E-state index is 13.1. The summed E-state index contributed by atoms with van der Waals surface area (Å²) in [5.74, 6) is 0.996. The zero-order chi connectivity index (χ0) is 20.2. The Kier molecular flexibility index (Phi) is 5.87. The molecule has 0 bridgehead atoms. The molecule has 2 atom stereocenters. The molecule has 1 N–H and O–H groups in total. The Morgan fingerprint density at radius 1 is 1.28 bits per heavy atom. The SMILES string of the molecule is CC(C)[C@@H](NCC(=O)N1N=C(c2ccco2)C[C@@H]1c1cccs1)c1ccncc1. The fourth-order valence-corrected chi connectivity index (χ4v) is 4.43. The molecule has 6 nitrogen and oxygen atoms in total. The first-order valence-corrected chi connectivity index (χ1v) is 10.6. The molecule has 0 spiro atoms. The van der Waals surface area contributed by atoms with Gasteiger partial charge in [0, 0.05) is 29.7 Å². The number of aromatic nitrogens is 1. The van der Waals surface area contributed by atoms with Gasteiger partial charge in [-0.2, -0.15) is 5.10 Å². The largest absolute Gasteiger partial charge is 0.463 e. The van der Waals surface area contributed by atoms with Crippen molar-refractivity contribution in [3.8, 4) is 0 Å². The highest BCUT2D eigenvalue weighted by molar-refractivity contribution is 7.10. The zero-order valence-corrected chi connectivity index (χ0v) is 17.3. The highest BCUT2D eigenvalue weighted by atomic mass is 32.1. The van der Waals surface area contributed by atoms with Gasteiger partial charge in [-0.05, 0) is 47.2 Å². The average molecular weight is 409 g/mol. The predicted octanol–water partition coefficient (Wildman–Crippen LogP) is 4.40. The Morgan fingerprint density at radius 3 is 2.76 bits per heavy atom. The number of furan rings is 1. The molecule has 7 heteroatoms. The Morgan fingerprint density at radius 2 is 2.10 bits per heavy atom. The number of pyridine rings is 1. The Balaban J connectivity index is 1.51. The molecule has 0 radical (unpaired) electrons. The topological polar surface area (TPSA) is 70.7 Å². The molecule has 0 aromatic carbocycles. The molecule has 4 heterocycles. The molecule has 0 saturated heterocycles. The molecule has 0 aliphatic carbocycles. The molecule has 1 aliphatic rings. The monoisotopic (exact) mass is 408 g/mol.